The van der Waals surface area contributed by atoms with Crippen molar-refractivity contribution in [3.8, 4) is 0 Å². The zero-order valence-electron chi connectivity index (χ0n) is 13.6. The van der Waals surface area contributed by atoms with Gasteiger partial charge in [0.15, 0.2) is 0 Å². The van der Waals surface area contributed by atoms with Gasteiger partial charge in [-0.3, -0.25) is 9.69 Å². The van der Waals surface area contributed by atoms with Crippen LogP contribution in [0.2, 0.25) is 0 Å². The summed E-state index contributed by atoms with van der Waals surface area (Å²) in [6.45, 7) is 9.73. The molecule has 1 aromatic rings. The molecule has 2 atom stereocenters. The van der Waals surface area contributed by atoms with Crippen molar-refractivity contribution in [1.82, 2.24) is 14.9 Å². The van der Waals surface area contributed by atoms with Gasteiger partial charge in [0.1, 0.15) is 17.5 Å². The molecule has 0 aromatic carbocycles. The Morgan fingerprint density at radius 2 is 2.29 bits per heavy atom. The van der Waals surface area contributed by atoms with E-state index in [9.17, 15) is 4.79 Å². The normalized spacial score (nSPS) is 23.4. The number of esters is 1. The van der Waals surface area contributed by atoms with Crippen molar-refractivity contribution in [1.29, 1.82) is 0 Å². The second-order valence-corrected chi connectivity index (χ2v) is 6.80. The van der Waals surface area contributed by atoms with E-state index >= 15 is 0 Å². The average Bonchev–Trinajstić information content (AvgIpc) is 3.03. The van der Waals surface area contributed by atoms with Gasteiger partial charge in [-0.2, -0.15) is 0 Å². The number of imidazole rings is 1. The van der Waals surface area contributed by atoms with Crippen LogP contribution in [-0.2, 0) is 9.53 Å². The highest BCUT2D eigenvalue weighted by Crippen LogP contribution is 2.31. The number of carbonyl (C=O) groups is 1. The lowest BCUT2D eigenvalue weighted by Crippen LogP contribution is -2.40. The first-order chi connectivity index (χ1) is 9.90. The van der Waals surface area contributed by atoms with Crippen molar-refractivity contribution in [2.75, 3.05) is 13.1 Å². The molecule has 21 heavy (non-hydrogen) atoms. The third kappa shape index (κ3) is 4.30. The molecule has 0 saturated carbocycles. The first-order valence-corrected chi connectivity index (χ1v) is 7.87. The molecule has 2 heterocycles. The Labute approximate surface area is 127 Å². The van der Waals surface area contributed by atoms with Gasteiger partial charge in [-0.25, -0.2) is 4.98 Å². The van der Waals surface area contributed by atoms with Crippen LogP contribution in [0, 0.1) is 0 Å². The fourth-order valence-electron chi connectivity index (χ4n) is 2.83. The lowest BCUT2D eigenvalue weighted by Gasteiger charge is -2.27. The Morgan fingerprint density at radius 1 is 1.52 bits per heavy atom. The molecule has 1 aliphatic heterocycles. The molecule has 1 aromatic heterocycles. The summed E-state index contributed by atoms with van der Waals surface area (Å²) in [5.41, 5.74) is -0.434. The number of aromatic amines is 1. The van der Waals surface area contributed by atoms with Crippen molar-refractivity contribution in [3.63, 3.8) is 0 Å². The van der Waals surface area contributed by atoms with Crippen molar-refractivity contribution in [3.05, 3.63) is 18.2 Å². The number of aromatic nitrogens is 2. The molecule has 1 aliphatic rings. The number of nitrogens with zero attached hydrogens (tertiary/aromatic N) is 2. The molecule has 0 spiro atoms. The molecule has 2 rings (SSSR count). The molecular formula is C16H27N3O2. The summed E-state index contributed by atoms with van der Waals surface area (Å²) in [6.07, 6.45) is 6.62. The summed E-state index contributed by atoms with van der Waals surface area (Å²) in [6, 6.07) is -0.147. The number of rotatable bonds is 5. The molecule has 5 heteroatoms. The van der Waals surface area contributed by atoms with Crippen LogP contribution in [0.25, 0.3) is 0 Å². The minimum Gasteiger partial charge on any atom is -0.459 e. The van der Waals surface area contributed by atoms with E-state index in [1.54, 1.807) is 6.20 Å². The van der Waals surface area contributed by atoms with Crippen LogP contribution in [0.15, 0.2) is 12.4 Å². The number of nitrogens with one attached hydrogen (secondary N) is 1. The maximum atomic E-state index is 12.5. The van der Waals surface area contributed by atoms with E-state index in [1.807, 2.05) is 27.0 Å². The SMILES string of the molecule is CCCCN1CC(c2ncc[nH]2)CC1C(=O)OC(C)(C)C. The van der Waals surface area contributed by atoms with Crippen LogP contribution in [0.3, 0.4) is 0 Å². The lowest BCUT2D eigenvalue weighted by atomic mass is 10.0. The van der Waals surface area contributed by atoms with E-state index in [1.165, 1.54) is 0 Å². The molecule has 1 N–H and O–H groups in total. The average molecular weight is 293 g/mol. The van der Waals surface area contributed by atoms with Gasteiger partial charge in [-0.05, 0) is 40.2 Å². The Hall–Kier alpha value is -1.36. The molecule has 5 nitrogen and oxygen atoms in total. The highest BCUT2D eigenvalue weighted by atomic mass is 16.6. The van der Waals surface area contributed by atoms with Gasteiger partial charge in [0.2, 0.25) is 0 Å². The Morgan fingerprint density at radius 3 is 2.86 bits per heavy atom. The Kier molecular flexibility index (Phi) is 5.04. The quantitative estimate of drug-likeness (QED) is 0.848. The largest absolute Gasteiger partial charge is 0.459 e. The Bertz CT molecular complexity index is 451. The van der Waals surface area contributed by atoms with Gasteiger partial charge in [0.25, 0.3) is 0 Å². The zero-order chi connectivity index (χ0) is 15.5. The molecular weight excluding hydrogens is 266 g/mol. The number of H-pyrrole nitrogens is 1. The summed E-state index contributed by atoms with van der Waals surface area (Å²) in [4.78, 5) is 22.2. The fraction of sp³-hybridized carbons (Fsp3) is 0.750. The van der Waals surface area contributed by atoms with Crippen LogP contribution in [0.4, 0.5) is 0 Å². The van der Waals surface area contributed by atoms with Gasteiger partial charge in [0, 0.05) is 24.9 Å². The summed E-state index contributed by atoms with van der Waals surface area (Å²) in [5.74, 6) is 1.16. The number of carbonyl (C=O) groups excluding carboxylic acids is 1. The van der Waals surface area contributed by atoms with Gasteiger partial charge in [0.05, 0.1) is 0 Å². The summed E-state index contributed by atoms with van der Waals surface area (Å²) < 4.78 is 5.59. The van der Waals surface area contributed by atoms with Crippen LogP contribution in [0.5, 0.6) is 0 Å². The minimum absolute atomic E-state index is 0.104. The second kappa shape index (κ2) is 6.60. The summed E-state index contributed by atoms with van der Waals surface area (Å²) in [7, 11) is 0. The van der Waals surface area contributed by atoms with E-state index in [4.69, 9.17) is 4.74 Å². The first kappa shape index (κ1) is 16.0. The van der Waals surface area contributed by atoms with Gasteiger partial charge < -0.3 is 9.72 Å². The van der Waals surface area contributed by atoms with E-state index in [0.29, 0.717) is 0 Å². The van der Waals surface area contributed by atoms with Gasteiger partial charge >= 0.3 is 5.97 Å². The molecule has 1 saturated heterocycles. The number of likely N-dealkylation sites (tertiary alicyclic amines) is 1. The molecule has 118 valence electrons. The molecule has 0 radical (unpaired) electrons. The number of unbranched alkanes of at least 4 members (excludes halogenated alkanes) is 1. The molecule has 0 bridgehead atoms. The van der Waals surface area contributed by atoms with Gasteiger partial charge in [-0.1, -0.05) is 13.3 Å². The third-order valence-corrected chi connectivity index (χ3v) is 3.79. The van der Waals surface area contributed by atoms with Crippen LogP contribution in [-0.4, -0.2) is 45.6 Å². The van der Waals surface area contributed by atoms with E-state index < -0.39 is 5.60 Å². The van der Waals surface area contributed by atoms with E-state index in [-0.39, 0.29) is 17.9 Å². The monoisotopic (exact) mass is 293 g/mol. The smallest absolute Gasteiger partial charge is 0.323 e. The van der Waals surface area contributed by atoms with Crippen LogP contribution < -0.4 is 0 Å². The molecule has 0 amide bonds. The minimum atomic E-state index is -0.434. The van der Waals surface area contributed by atoms with E-state index in [0.717, 1.165) is 38.2 Å². The zero-order valence-corrected chi connectivity index (χ0v) is 13.6. The predicted octanol–water partition coefficient (Wildman–Crippen LogP) is 2.71. The summed E-state index contributed by atoms with van der Waals surface area (Å²) in [5, 5.41) is 0. The highest BCUT2D eigenvalue weighted by molar-refractivity contribution is 5.76. The van der Waals surface area contributed by atoms with Crippen molar-refractivity contribution in [2.45, 2.75) is 64.5 Å². The predicted molar refractivity (Wildman–Crippen MR) is 82.1 cm³/mol. The van der Waals surface area contributed by atoms with Crippen molar-refractivity contribution >= 4 is 5.97 Å². The standard InChI is InChI=1S/C16H27N3O2/c1-5-6-9-19-11-12(14-17-7-8-18-14)10-13(19)15(20)21-16(2,3)4/h7-8,12-13H,5-6,9-11H2,1-4H3,(H,17,18). The number of hydrogen-bond acceptors (Lipinski definition) is 4. The molecule has 0 aliphatic carbocycles. The number of hydrogen-bond donors (Lipinski definition) is 1. The van der Waals surface area contributed by atoms with Crippen LogP contribution in [0.1, 0.15) is 58.7 Å². The maximum absolute atomic E-state index is 12.5. The maximum Gasteiger partial charge on any atom is 0.323 e. The van der Waals surface area contributed by atoms with Crippen molar-refractivity contribution in [2.24, 2.45) is 0 Å². The highest BCUT2D eigenvalue weighted by Gasteiger charge is 2.40. The summed E-state index contributed by atoms with van der Waals surface area (Å²) >= 11 is 0. The fourth-order valence-corrected chi connectivity index (χ4v) is 2.83. The first-order valence-electron chi connectivity index (χ1n) is 7.87. The third-order valence-electron chi connectivity index (χ3n) is 3.79. The number of ether oxygens (including phenoxy) is 1. The lowest BCUT2D eigenvalue weighted by molar-refractivity contribution is -0.160. The van der Waals surface area contributed by atoms with Crippen molar-refractivity contribution < 1.29 is 9.53 Å². The van der Waals surface area contributed by atoms with E-state index in [2.05, 4.69) is 21.8 Å². The van der Waals surface area contributed by atoms with Crippen LogP contribution >= 0.6 is 0 Å². The molecule has 2 unspecified atom stereocenters. The molecule has 1 fully saturated rings. The van der Waals surface area contributed by atoms with Gasteiger partial charge in [-0.15, -0.1) is 0 Å². The Balaban J connectivity index is 2.06. The topological polar surface area (TPSA) is 58.2 Å². The second-order valence-electron chi connectivity index (χ2n) is 6.80.